The summed E-state index contributed by atoms with van der Waals surface area (Å²) >= 11 is 0. The van der Waals surface area contributed by atoms with Crippen LogP contribution in [-0.2, 0) is 6.42 Å². The van der Waals surface area contributed by atoms with Crippen LogP contribution in [0.2, 0.25) is 0 Å². The molecule has 0 saturated heterocycles. The van der Waals surface area contributed by atoms with E-state index in [2.05, 4.69) is 31.9 Å². The van der Waals surface area contributed by atoms with E-state index in [0.29, 0.717) is 11.8 Å². The van der Waals surface area contributed by atoms with Gasteiger partial charge in [-0.15, -0.1) is 0 Å². The maximum atomic E-state index is 13.3. The number of benzene rings is 1. The summed E-state index contributed by atoms with van der Waals surface area (Å²) in [6, 6.07) is 6.51. The fourth-order valence-electron chi connectivity index (χ4n) is 5.34. The smallest absolute Gasteiger partial charge is 0.123 e. The van der Waals surface area contributed by atoms with Crippen LogP contribution in [0.15, 0.2) is 36.0 Å². The van der Waals surface area contributed by atoms with Gasteiger partial charge in [0.05, 0.1) is 23.7 Å². The van der Waals surface area contributed by atoms with Crippen LogP contribution < -0.4 is 0 Å². The Morgan fingerprint density at radius 3 is 2.76 bits per heavy atom. The summed E-state index contributed by atoms with van der Waals surface area (Å²) in [5, 5.41) is 15.7. The summed E-state index contributed by atoms with van der Waals surface area (Å²) in [6.45, 7) is 6.84. The van der Waals surface area contributed by atoms with Crippen LogP contribution in [0.3, 0.4) is 0 Å². The molecule has 1 saturated carbocycles. The van der Waals surface area contributed by atoms with Crippen LogP contribution in [0.5, 0.6) is 0 Å². The minimum Gasteiger partial charge on any atom is -0.393 e. The largest absolute Gasteiger partial charge is 0.393 e. The predicted molar refractivity (Wildman–Crippen MR) is 115 cm³/mol. The lowest BCUT2D eigenvalue weighted by molar-refractivity contribution is 0.0143. The molecular formula is C25H33FN2O. The van der Waals surface area contributed by atoms with E-state index < -0.39 is 0 Å². The molecular weight excluding hydrogens is 363 g/mol. The summed E-state index contributed by atoms with van der Waals surface area (Å²) in [7, 11) is 0. The van der Waals surface area contributed by atoms with Gasteiger partial charge in [-0.05, 0) is 91.7 Å². The van der Waals surface area contributed by atoms with Gasteiger partial charge < -0.3 is 5.11 Å². The number of hydrogen-bond acceptors (Lipinski definition) is 2. The van der Waals surface area contributed by atoms with Crippen LogP contribution in [0.4, 0.5) is 4.39 Å². The van der Waals surface area contributed by atoms with Crippen LogP contribution >= 0.6 is 0 Å². The SMILES string of the molecule is CCC(C)CCC(O)C1CCCC2=Cc3c(cnn3-c3ccc(F)cc3)C[C@@]21C. The number of allylic oxidation sites excluding steroid dienone is 1. The van der Waals surface area contributed by atoms with Crippen LogP contribution in [0.1, 0.15) is 70.6 Å². The van der Waals surface area contributed by atoms with E-state index in [1.807, 2.05) is 10.9 Å². The van der Waals surface area contributed by atoms with Crippen molar-refractivity contribution in [3.05, 3.63) is 53.1 Å². The minimum absolute atomic E-state index is 0.00320. The molecule has 1 N–H and O–H groups in total. The Bertz CT molecular complexity index is 885. The van der Waals surface area contributed by atoms with Crippen LogP contribution in [-0.4, -0.2) is 21.0 Å². The highest BCUT2D eigenvalue weighted by atomic mass is 19.1. The second-order valence-corrected chi connectivity index (χ2v) is 9.36. The first-order valence-corrected chi connectivity index (χ1v) is 11.1. The van der Waals surface area contributed by atoms with E-state index in [9.17, 15) is 9.50 Å². The van der Waals surface area contributed by atoms with Crippen molar-refractivity contribution in [1.29, 1.82) is 0 Å². The summed E-state index contributed by atoms with van der Waals surface area (Å²) in [6.07, 6.45) is 11.4. The number of hydrogen-bond donors (Lipinski definition) is 1. The van der Waals surface area contributed by atoms with Gasteiger partial charge in [-0.2, -0.15) is 5.10 Å². The third-order valence-electron chi connectivity index (χ3n) is 7.46. The Morgan fingerprint density at radius 1 is 1.28 bits per heavy atom. The molecule has 29 heavy (non-hydrogen) atoms. The topological polar surface area (TPSA) is 38.1 Å². The molecule has 156 valence electrons. The maximum Gasteiger partial charge on any atom is 0.123 e. The van der Waals surface area contributed by atoms with E-state index in [1.165, 1.54) is 29.7 Å². The lowest BCUT2D eigenvalue weighted by atomic mass is 9.58. The van der Waals surface area contributed by atoms with Gasteiger partial charge in [-0.3, -0.25) is 0 Å². The molecule has 3 nitrogen and oxygen atoms in total. The molecule has 1 aromatic heterocycles. The van der Waals surface area contributed by atoms with E-state index >= 15 is 0 Å². The molecule has 3 unspecified atom stereocenters. The lowest BCUT2D eigenvalue weighted by Crippen LogP contribution is -2.43. The van der Waals surface area contributed by atoms with E-state index in [1.54, 1.807) is 12.1 Å². The number of aromatic nitrogens is 2. The molecule has 2 aliphatic carbocycles. The summed E-state index contributed by atoms with van der Waals surface area (Å²) < 4.78 is 15.2. The van der Waals surface area contributed by atoms with Crippen molar-refractivity contribution in [3.8, 4) is 5.69 Å². The minimum atomic E-state index is -0.244. The molecule has 0 aliphatic heterocycles. The molecule has 4 atom stereocenters. The summed E-state index contributed by atoms with van der Waals surface area (Å²) in [5.74, 6) is 0.735. The second-order valence-electron chi connectivity index (χ2n) is 9.36. The van der Waals surface area contributed by atoms with Crippen molar-refractivity contribution in [2.45, 2.75) is 71.8 Å². The average Bonchev–Trinajstić information content (AvgIpc) is 3.11. The fraction of sp³-hybridized carbons (Fsp3) is 0.560. The number of aliphatic hydroxyl groups excluding tert-OH is 1. The molecule has 1 aromatic carbocycles. The van der Waals surface area contributed by atoms with Crippen molar-refractivity contribution in [2.24, 2.45) is 17.3 Å². The summed E-state index contributed by atoms with van der Waals surface area (Å²) in [4.78, 5) is 0. The predicted octanol–water partition coefficient (Wildman–Crippen LogP) is 5.94. The molecule has 1 fully saturated rings. The number of nitrogens with zero attached hydrogens (tertiary/aromatic N) is 2. The average molecular weight is 397 g/mol. The highest BCUT2D eigenvalue weighted by molar-refractivity contribution is 5.61. The van der Waals surface area contributed by atoms with Crippen molar-refractivity contribution >= 4 is 6.08 Å². The zero-order valence-electron chi connectivity index (χ0n) is 17.9. The van der Waals surface area contributed by atoms with Crippen molar-refractivity contribution in [3.63, 3.8) is 0 Å². The van der Waals surface area contributed by atoms with Gasteiger partial charge in [-0.1, -0.05) is 32.8 Å². The highest BCUT2D eigenvalue weighted by Gasteiger charge is 2.46. The zero-order valence-corrected chi connectivity index (χ0v) is 17.9. The standard InChI is InChI=1S/C25H33FN2O/c1-4-17(2)8-13-24(29)22-7-5-6-19-14-23-18(15-25(19,22)3)16-27-28(23)21-11-9-20(26)10-12-21/h9-12,14,16-17,22,24,29H,4-8,13,15H2,1-3H3/t17?,22?,24?,25-/m0/s1. The fourth-order valence-corrected chi connectivity index (χ4v) is 5.34. The van der Waals surface area contributed by atoms with Gasteiger partial charge in [-0.25, -0.2) is 9.07 Å². The van der Waals surface area contributed by atoms with Gasteiger partial charge >= 0.3 is 0 Å². The first-order chi connectivity index (χ1) is 13.9. The van der Waals surface area contributed by atoms with Gasteiger partial charge in [0.15, 0.2) is 0 Å². The van der Waals surface area contributed by atoms with Crippen LogP contribution in [0.25, 0.3) is 11.8 Å². The number of fused-ring (bicyclic) bond motifs is 2. The molecule has 2 aliphatic rings. The molecule has 0 radical (unpaired) electrons. The molecule has 0 bridgehead atoms. The number of halogens is 1. The molecule has 4 heteroatoms. The Labute approximate surface area is 173 Å². The first kappa shape index (κ1) is 20.3. The van der Waals surface area contributed by atoms with Gasteiger partial charge in [0.2, 0.25) is 0 Å². The first-order valence-electron chi connectivity index (χ1n) is 11.1. The summed E-state index contributed by atoms with van der Waals surface area (Å²) in [5.41, 5.74) is 4.65. The van der Waals surface area contributed by atoms with Gasteiger partial charge in [0.1, 0.15) is 5.82 Å². The molecule has 2 aromatic rings. The monoisotopic (exact) mass is 396 g/mol. The molecule has 0 spiro atoms. The zero-order chi connectivity index (χ0) is 20.6. The van der Waals surface area contributed by atoms with Crippen molar-refractivity contribution in [1.82, 2.24) is 9.78 Å². The van der Waals surface area contributed by atoms with Gasteiger partial charge in [0.25, 0.3) is 0 Å². The number of rotatable bonds is 6. The van der Waals surface area contributed by atoms with Crippen LogP contribution in [0, 0.1) is 23.1 Å². The highest BCUT2D eigenvalue weighted by Crippen LogP contribution is 2.52. The van der Waals surface area contributed by atoms with E-state index in [0.717, 1.165) is 49.9 Å². The molecule has 0 amide bonds. The Balaban J connectivity index is 1.61. The van der Waals surface area contributed by atoms with E-state index in [-0.39, 0.29) is 17.3 Å². The van der Waals surface area contributed by atoms with Crippen molar-refractivity contribution in [2.75, 3.05) is 0 Å². The quantitative estimate of drug-likeness (QED) is 0.656. The third-order valence-corrected chi connectivity index (χ3v) is 7.46. The van der Waals surface area contributed by atoms with E-state index in [4.69, 9.17) is 0 Å². The second kappa shape index (κ2) is 8.06. The Hall–Kier alpha value is -1.94. The van der Waals surface area contributed by atoms with Crippen molar-refractivity contribution < 1.29 is 9.50 Å². The number of aliphatic hydroxyl groups is 1. The normalized spacial score (nSPS) is 25.7. The van der Waals surface area contributed by atoms with Gasteiger partial charge in [0, 0.05) is 0 Å². The Morgan fingerprint density at radius 2 is 2.03 bits per heavy atom. The molecule has 4 rings (SSSR count). The molecule has 1 heterocycles. The maximum absolute atomic E-state index is 13.3. The lowest BCUT2D eigenvalue weighted by Gasteiger charge is -2.48. The Kier molecular flexibility index (Phi) is 5.65. The third kappa shape index (κ3) is 3.79.